The minimum Gasteiger partial charge on any atom is -0.357 e. The molecule has 0 aliphatic heterocycles. The second-order valence-corrected chi connectivity index (χ2v) is 13.1. The molecule has 2 amide bonds. The molecule has 0 aliphatic carbocycles. The quantitative estimate of drug-likeness (QED) is 0.187. The fraction of sp³-hybridized carbons (Fsp3) is 0.188. The zero-order chi connectivity index (χ0) is 32.8. The smallest absolute Gasteiger partial charge is 0.357 e. The number of hydrogen-bond donors (Lipinski definition) is 1. The van der Waals surface area contributed by atoms with E-state index in [1.165, 1.54) is 36.2 Å². The van der Waals surface area contributed by atoms with Crippen LogP contribution in [0.1, 0.15) is 16.7 Å². The molecule has 0 bridgehead atoms. The lowest BCUT2D eigenvalue weighted by Gasteiger charge is -2.34. The van der Waals surface area contributed by atoms with Crippen molar-refractivity contribution >= 4 is 55.1 Å². The monoisotopic (exact) mass is 721 g/mol. The number of halogens is 5. The molecule has 0 spiro atoms. The van der Waals surface area contributed by atoms with E-state index in [-0.39, 0.29) is 22.9 Å². The molecule has 7 nitrogen and oxygen atoms in total. The average molecular weight is 723 g/mol. The van der Waals surface area contributed by atoms with E-state index < -0.39 is 51.9 Å². The summed E-state index contributed by atoms with van der Waals surface area (Å²) in [6.07, 6.45) is -4.74. The molecule has 0 aromatic heterocycles. The van der Waals surface area contributed by atoms with Crippen molar-refractivity contribution in [1.29, 1.82) is 0 Å². The Morgan fingerprint density at radius 3 is 2.11 bits per heavy atom. The van der Waals surface area contributed by atoms with Gasteiger partial charge in [0.25, 0.3) is 10.0 Å². The van der Waals surface area contributed by atoms with E-state index >= 15 is 0 Å². The Morgan fingerprint density at radius 2 is 1.51 bits per heavy atom. The molecule has 4 rings (SSSR count). The minimum atomic E-state index is -4.82. The molecule has 0 saturated heterocycles. The van der Waals surface area contributed by atoms with Gasteiger partial charge in [0.05, 0.1) is 21.2 Å². The largest absolute Gasteiger partial charge is 0.416 e. The number of sulfonamides is 1. The molecule has 13 heteroatoms. The summed E-state index contributed by atoms with van der Waals surface area (Å²) in [5, 5.41) is 2.25. The molecule has 236 valence electrons. The van der Waals surface area contributed by atoms with Crippen LogP contribution in [0.5, 0.6) is 0 Å². The van der Waals surface area contributed by atoms with Crippen molar-refractivity contribution in [3.05, 3.63) is 129 Å². The molecule has 0 radical (unpaired) electrons. The van der Waals surface area contributed by atoms with Crippen molar-refractivity contribution in [1.82, 2.24) is 10.2 Å². The third-order valence-electron chi connectivity index (χ3n) is 6.91. The zero-order valence-corrected chi connectivity index (χ0v) is 27.0. The van der Waals surface area contributed by atoms with Crippen LogP contribution >= 0.6 is 27.5 Å². The standard InChI is InChI=1S/C32H28BrClF3N3O4S/c1-38-31(42)29(18-22-9-4-2-5-10-22)39(20-23-11-8-12-25(33)17-23)30(41)21-40(45(43,44)26-13-6-3-7-14-26)28-19-24(32(35,36)37)15-16-27(28)34/h2-17,19,29H,18,20-21H2,1H3,(H,38,42)/t29-/m0/s1. The van der Waals surface area contributed by atoms with Crippen molar-refractivity contribution in [2.45, 2.75) is 30.1 Å². The van der Waals surface area contributed by atoms with Crippen molar-refractivity contribution < 1.29 is 31.2 Å². The SMILES string of the molecule is CNC(=O)[C@H](Cc1ccccc1)N(Cc1cccc(Br)c1)C(=O)CN(c1cc(C(F)(F)F)ccc1Cl)S(=O)(=O)c1ccccc1. The van der Waals surface area contributed by atoms with Crippen molar-refractivity contribution in [2.75, 3.05) is 17.9 Å². The maximum absolute atomic E-state index is 14.3. The molecular formula is C32H28BrClF3N3O4S. The average Bonchev–Trinajstić information content (AvgIpc) is 3.01. The molecule has 4 aromatic rings. The van der Waals surface area contributed by atoms with E-state index in [2.05, 4.69) is 21.2 Å². The van der Waals surface area contributed by atoms with Crippen molar-refractivity contribution in [3.63, 3.8) is 0 Å². The van der Waals surface area contributed by atoms with Crippen LogP contribution in [0.2, 0.25) is 5.02 Å². The summed E-state index contributed by atoms with van der Waals surface area (Å²) in [4.78, 5) is 28.6. The number of nitrogens with zero attached hydrogens (tertiary/aromatic N) is 2. The Bertz CT molecular complexity index is 1760. The highest BCUT2D eigenvalue weighted by Crippen LogP contribution is 2.37. The summed E-state index contributed by atoms with van der Waals surface area (Å²) in [5.74, 6) is -1.36. The number of carbonyl (C=O) groups is 2. The van der Waals surface area contributed by atoms with Crippen LogP contribution in [0.4, 0.5) is 18.9 Å². The number of hydrogen-bond acceptors (Lipinski definition) is 4. The highest BCUT2D eigenvalue weighted by Gasteiger charge is 2.37. The second-order valence-electron chi connectivity index (χ2n) is 9.96. The molecular weight excluding hydrogens is 695 g/mol. The van der Waals surface area contributed by atoms with Crippen LogP contribution in [0, 0.1) is 0 Å². The van der Waals surface area contributed by atoms with E-state index in [4.69, 9.17) is 11.6 Å². The molecule has 4 aromatic carbocycles. The Hall–Kier alpha value is -3.87. The van der Waals surface area contributed by atoms with Crippen LogP contribution in [-0.2, 0) is 38.8 Å². The summed E-state index contributed by atoms with van der Waals surface area (Å²) in [5.41, 5.74) is -0.339. The van der Waals surface area contributed by atoms with Crippen LogP contribution < -0.4 is 9.62 Å². The van der Waals surface area contributed by atoms with Gasteiger partial charge in [0.1, 0.15) is 12.6 Å². The zero-order valence-electron chi connectivity index (χ0n) is 23.8. The maximum Gasteiger partial charge on any atom is 0.416 e. The van der Waals surface area contributed by atoms with Gasteiger partial charge in [-0.2, -0.15) is 13.2 Å². The van der Waals surface area contributed by atoms with Gasteiger partial charge in [-0.25, -0.2) is 8.42 Å². The van der Waals surface area contributed by atoms with Gasteiger partial charge in [-0.05, 0) is 53.6 Å². The Morgan fingerprint density at radius 1 is 0.889 bits per heavy atom. The minimum absolute atomic E-state index is 0.0794. The van der Waals surface area contributed by atoms with E-state index in [1.54, 1.807) is 60.7 Å². The first-order valence-corrected chi connectivity index (χ1v) is 16.2. The lowest BCUT2D eigenvalue weighted by Crippen LogP contribution is -2.53. The molecule has 45 heavy (non-hydrogen) atoms. The fourth-order valence-electron chi connectivity index (χ4n) is 4.67. The highest BCUT2D eigenvalue weighted by atomic mass is 79.9. The van der Waals surface area contributed by atoms with Gasteiger partial charge >= 0.3 is 6.18 Å². The van der Waals surface area contributed by atoms with Gasteiger partial charge < -0.3 is 10.2 Å². The van der Waals surface area contributed by atoms with Crippen LogP contribution in [0.3, 0.4) is 0 Å². The van der Waals surface area contributed by atoms with Crippen LogP contribution in [-0.4, -0.2) is 44.8 Å². The third kappa shape index (κ3) is 8.44. The van der Waals surface area contributed by atoms with Crippen LogP contribution in [0.15, 0.2) is 112 Å². The first-order chi connectivity index (χ1) is 21.3. The summed E-state index contributed by atoms with van der Waals surface area (Å²) < 4.78 is 70.5. The predicted molar refractivity (Wildman–Crippen MR) is 170 cm³/mol. The molecule has 0 heterocycles. The molecule has 0 unspecified atom stereocenters. The number of nitrogens with one attached hydrogen (secondary N) is 1. The number of rotatable bonds is 11. The first kappa shape index (κ1) is 34.0. The van der Waals surface area contributed by atoms with E-state index in [1.807, 2.05) is 0 Å². The van der Waals surface area contributed by atoms with Crippen molar-refractivity contribution in [3.8, 4) is 0 Å². The molecule has 0 fully saturated rings. The molecule has 0 aliphatic rings. The van der Waals surface area contributed by atoms with E-state index in [0.29, 0.717) is 20.4 Å². The Balaban J connectivity index is 1.85. The lowest BCUT2D eigenvalue weighted by molar-refractivity contribution is -0.139. The maximum atomic E-state index is 14.3. The third-order valence-corrected chi connectivity index (χ3v) is 9.50. The molecule has 1 N–H and O–H groups in total. The number of likely N-dealkylation sites (N-methyl/N-ethyl adjacent to an activating group) is 1. The van der Waals surface area contributed by atoms with Gasteiger partial charge in [-0.1, -0.05) is 88.2 Å². The van der Waals surface area contributed by atoms with Gasteiger partial charge in [-0.15, -0.1) is 0 Å². The van der Waals surface area contributed by atoms with Crippen LogP contribution in [0.25, 0.3) is 0 Å². The van der Waals surface area contributed by atoms with Gasteiger partial charge in [0, 0.05) is 24.5 Å². The summed E-state index contributed by atoms with van der Waals surface area (Å²) in [6.45, 7) is -1.06. The normalized spacial score (nSPS) is 12.3. The number of amides is 2. The summed E-state index contributed by atoms with van der Waals surface area (Å²) in [6, 6.07) is 24.0. The number of anilines is 1. The van der Waals surface area contributed by atoms with Crippen molar-refractivity contribution in [2.24, 2.45) is 0 Å². The topological polar surface area (TPSA) is 86.8 Å². The van der Waals surface area contributed by atoms with Gasteiger partial charge in [0.2, 0.25) is 11.8 Å². The van der Waals surface area contributed by atoms with Gasteiger partial charge in [0.15, 0.2) is 0 Å². The lowest BCUT2D eigenvalue weighted by atomic mass is 10.0. The molecule has 0 saturated carbocycles. The Kier molecular flexibility index (Phi) is 10.9. The summed E-state index contributed by atoms with van der Waals surface area (Å²) in [7, 11) is -3.22. The second kappa shape index (κ2) is 14.5. The summed E-state index contributed by atoms with van der Waals surface area (Å²) >= 11 is 9.72. The fourth-order valence-corrected chi connectivity index (χ4v) is 6.83. The predicted octanol–water partition coefficient (Wildman–Crippen LogP) is 6.70. The van der Waals surface area contributed by atoms with E-state index in [0.717, 1.165) is 17.7 Å². The number of carbonyl (C=O) groups excluding carboxylic acids is 2. The Labute approximate surface area is 272 Å². The number of benzene rings is 4. The van der Waals surface area contributed by atoms with Gasteiger partial charge in [-0.3, -0.25) is 13.9 Å². The number of alkyl halides is 3. The molecule has 1 atom stereocenters. The highest BCUT2D eigenvalue weighted by molar-refractivity contribution is 9.10. The van der Waals surface area contributed by atoms with E-state index in [9.17, 15) is 31.2 Å². The first-order valence-electron chi connectivity index (χ1n) is 13.5.